The molecule has 1 fully saturated rings. The maximum Gasteiger partial charge on any atom is 0.282 e. The topological polar surface area (TPSA) is 46.9 Å². The number of benzene rings is 1. The molecule has 1 saturated carbocycles. The monoisotopic (exact) mass is 363 g/mol. The van der Waals surface area contributed by atoms with E-state index in [1.54, 1.807) is 6.07 Å². The molecule has 2 aromatic rings. The molecule has 2 aliphatic carbocycles. The Morgan fingerprint density at radius 1 is 1.38 bits per heavy atom. The zero-order chi connectivity index (χ0) is 18.9. The first-order valence-corrected chi connectivity index (χ1v) is 8.61. The van der Waals surface area contributed by atoms with Crippen molar-refractivity contribution in [3.05, 3.63) is 52.6 Å². The van der Waals surface area contributed by atoms with Crippen LogP contribution in [0.2, 0.25) is 0 Å². The van der Waals surface area contributed by atoms with Crippen LogP contribution < -0.4 is 5.32 Å². The molecule has 1 amide bonds. The molecule has 1 heterocycles. The second-order valence-corrected chi connectivity index (χ2v) is 7.81. The summed E-state index contributed by atoms with van der Waals surface area (Å²) in [4.78, 5) is 12.9. The summed E-state index contributed by atoms with van der Waals surface area (Å²) in [7, 11) is 1.50. The van der Waals surface area contributed by atoms with Gasteiger partial charge in [0.15, 0.2) is 0 Å². The number of fused-ring (bicyclic) bond motifs is 5. The molecular formula is C19H20F3N3O. The van der Waals surface area contributed by atoms with Crippen LogP contribution in [0.4, 0.5) is 13.2 Å². The molecule has 2 bridgehead atoms. The van der Waals surface area contributed by atoms with Gasteiger partial charge in [0.25, 0.3) is 12.3 Å². The fraction of sp³-hybridized carbons (Fsp3) is 0.474. The summed E-state index contributed by atoms with van der Waals surface area (Å²) in [6, 6.07) is 4.63. The molecule has 1 N–H and O–H groups in total. The Hall–Kier alpha value is -2.31. The third-order valence-corrected chi connectivity index (χ3v) is 6.26. The highest BCUT2D eigenvalue weighted by Gasteiger charge is 2.62. The lowest BCUT2D eigenvalue weighted by Crippen LogP contribution is -2.51. The van der Waals surface area contributed by atoms with Crippen molar-refractivity contribution in [3.63, 3.8) is 0 Å². The maximum atomic E-state index is 13.8. The Kier molecular flexibility index (Phi) is 3.52. The zero-order valence-electron chi connectivity index (χ0n) is 14.8. The zero-order valence-corrected chi connectivity index (χ0v) is 14.8. The Morgan fingerprint density at radius 3 is 2.81 bits per heavy atom. The van der Waals surface area contributed by atoms with Crippen LogP contribution in [0, 0.1) is 11.2 Å². The number of nitrogens with one attached hydrogen (secondary N) is 1. The van der Waals surface area contributed by atoms with Crippen molar-refractivity contribution in [1.29, 1.82) is 0 Å². The van der Waals surface area contributed by atoms with Crippen LogP contribution in [0.5, 0.6) is 0 Å². The molecule has 0 radical (unpaired) electrons. The van der Waals surface area contributed by atoms with Gasteiger partial charge in [-0.1, -0.05) is 19.9 Å². The first-order valence-electron chi connectivity index (χ1n) is 8.61. The van der Waals surface area contributed by atoms with Gasteiger partial charge in [0, 0.05) is 13.2 Å². The first kappa shape index (κ1) is 17.1. The molecule has 4 rings (SSSR count). The van der Waals surface area contributed by atoms with Gasteiger partial charge >= 0.3 is 0 Å². The quantitative estimate of drug-likeness (QED) is 0.895. The number of carbonyl (C=O) groups excluding carboxylic acids is 1. The standard InChI is InChI=1S/C19H20F3N3O/c1-18(2)13-6-7-19(18,14-5-4-10(20)8-11(13)14)23-17(26)12-9-25(3)24-15(12)16(21)22/h4-5,8-9,13,16H,6-7H2,1-3H3,(H,23,26). The van der Waals surface area contributed by atoms with Gasteiger partial charge in [0.1, 0.15) is 11.5 Å². The summed E-state index contributed by atoms with van der Waals surface area (Å²) in [5.74, 6) is -0.753. The van der Waals surface area contributed by atoms with Gasteiger partial charge in [-0.2, -0.15) is 5.10 Å². The van der Waals surface area contributed by atoms with E-state index in [1.165, 1.54) is 30.1 Å². The molecule has 1 aromatic carbocycles. The first-order chi connectivity index (χ1) is 12.2. The number of halogens is 3. The molecule has 1 aromatic heterocycles. The molecule has 7 heteroatoms. The minimum atomic E-state index is -2.83. The van der Waals surface area contributed by atoms with Gasteiger partial charge in [-0.25, -0.2) is 13.2 Å². The van der Waals surface area contributed by atoms with E-state index in [4.69, 9.17) is 0 Å². The molecule has 138 valence electrons. The minimum absolute atomic E-state index is 0.119. The van der Waals surface area contributed by atoms with Crippen molar-refractivity contribution in [2.45, 2.75) is 44.6 Å². The van der Waals surface area contributed by atoms with Gasteiger partial charge in [0.05, 0.1) is 11.1 Å². The van der Waals surface area contributed by atoms with Gasteiger partial charge in [-0.15, -0.1) is 0 Å². The van der Waals surface area contributed by atoms with Crippen LogP contribution in [-0.2, 0) is 12.6 Å². The molecular weight excluding hydrogens is 343 g/mol. The lowest BCUT2D eigenvalue weighted by atomic mass is 9.74. The van der Waals surface area contributed by atoms with Crippen molar-refractivity contribution in [2.24, 2.45) is 12.5 Å². The third-order valence-electron chi connectivity index (χ3n) is 6.26. The van der Waals surface area contributed by atoms with Crippen LogP contribution in [0.3, 0.4) is 0 Å². The lowest BCUT2D eigenvalue weighted by molar-refractivity contribution is 0.0797. The molecule has 0 aliphatic heterocycles. The predicted octanol–water partition coefficient (Wildman–Crippen LogP) is 4.04. The smallest absolute Gasteiger partial charge is 0.282 e. The normalized spacial score (nSPS) is 25.6. The Balaban J connectivity index is 1.77. The van der Waals surface area contributed by atoms with Crippen LogP contribution in [0.25, 0.3) is 0 Å². The summed E-state index contributed by atoms with van der Waals surface area (Å²) >= 11 is 0. The number of aryl methyl sites for hydroxylation is 1. The van der Waals surface area contributed by atoms with E-state index in [9.17, 15) is 18.0 Å². The van der Waals surface area contributed by atoms with E-state index in [0.29, 0.717) is 6.42 Å². The van der Waals surface area contributed by atoms with Crippen molar-refractivity contribution in [1.82, 2.24) is 15.1 Å². The van der Waals surface area contributed by atoms with Crippen LogP contribution in [-0.4, -0.2) is 15.7 Å². The number of nitrogens with zero attached hydrogens (tertiary/aromatic N) is 2. The Bertz CT molecular complexity index is 905. The van der Waals surface area contributed by atoms with E-state index < -0.39 is 23.6 Å². The van der Waals surface area contributed by atoms with E-state index >= 15 is 0 Å². The molecule has 2 atom stereocenters. The van der Waals surface area contributed by atoms with Crippen LogP contribution in [0.15, 0.2) is 24.4 Å². The largest absolute Gasteiger partial charge is 0.342 e. The van der Waals surface area contributed by atoms with Gasteiger partial charge in [-0.05, 0) is 47.4 Å². The number of carbonyl (C=O) groups is 1. The molecule has 26 heavy (non-hydrogen) atoms. The van der Waals surface area contributed by atoms with E-state index in [0.717, 1.165) is 17.5 Å². The number of hydrogen-bond donors (Lipinski definition) is 1. The summed E-state index contributed by atoms with van der Waals surface area (Å²) in [5, 5.41) is 6.74. The summed E-state index contributed by atoms with van der Waals surface area (Å²) in [6.45, 7) is 4.08. The van der Waals surface area contributed by atoms with Crippen LogP contribution >= 0.6 is 0 Å². The van der Waals surface area contributed by atoms with E-state index in [2.05, 4.69) is 10.4 Å². The van der Waals surface area contributed by atoms with E-state index in [-0.39, 0.29) is 22.7 Å². The Labute approximate surface area is 149 Å². The van der Waals surface area contributed by atoms with Crippen molar-refractivity contribution < 1.29 is 18.0 Å². The Morgan fingerprint density at radius 2 is 2.12 bits per heavy atom. The van der Waals surface area contributed by atoms with Gasteiger partial charge in [-0.3, -0.25) is 9.48 Å². The lowest BCUT2D eigenvalue weighted by Gasteiger charge is -2.39. The highest BCUT2D eigenvalue weighted by atomic mass is 19.3. The van der Waals surface area contributed by atoms with Crippen molar-refractivity contribution in [2.75, 3.05) is 0 Å². The van der Waals surface area contributed by atoms with Crippen LogP contribution in [0.1, 0.15) is 66.2 Å². The second kappa shape index (κ2) is 5.34. The van der Waals surface area contributed by atoms with Gasteiger partial charge < -0.3 is 5.32 Å². The predicted molar refractivity (Wildman–Crippen MR) is 89.5 cm³/mol. The van der Waals surface area contributed by atoms with E-state index in [1.807, 2.05) is 13.8 Å². The molecule has 4 nitrogen and oxygen atoms in total. The fourth-order valence-electron chi connectivity index (χ4n) is 4.97. The van der Waals surface area contributed by atoms with Gasteiger partial charge in [0.2, 0.25) is 0 Å². The molecule has 2 unspecified atom stereocenters. The number of aromatic nitrogens is 2. The highest BCUT2D eigenvalue weighted by Crippen LogP contribution is 2.66. The highest BCUT2D eigenvalue weighted by molar-refractivity contribution is 5.96. The van der Waals surface area contributed by atoms with Crippen molar-refractivity contribution >= 4 is 5.91 Å². The number of hydrogen-bond acceptors (Lipinski definition) is 2. The summed E-state index contributed by atoms with van der Waals surface area (Å²) in [6.07, 6.45) is -0.00525. The third kappa shape index (κ3) is 2.09. The number of alkyl halides is 2. The average Bonchev–Trinajstić information content (AvgIpc) is 3.12. The summed E-state index contributed by atoms with van der Waals surface area (Å²) < 4.78 is 41.4. The number of amides is 1. The maximum absolute atomic E-state index is 13.8. The second-order valence-electron chi connectivity index (χ2n) is 7.81. The summed E-state index contributed by atoms with van der Waals surface area (Å²) in [5.41, 5.74) is 0.106. The SMILES string of the molecule is Cn1cc(C(=O)NC23CCC(c4cc(F)ccc42)C3(C)C)c(C(F)F)n1. The minimum Gasteiger partial charge on any atom is -0.342 e. The average molecular weight is 363 g/mol. The van der Waals surface area contributed by atoms with Crippen molar-refractivity contribution in [3.8, 4) is 0 Å². The molecule has 0 saturated heterocycles. The fourth-order valence-corrected chi connectivity index (χ4v) is 4.97. The number of rotatable bonds is 3. The molecule has 2 aliphatic rings. The molecule has 0 spiro atoms.